The molecule has 116 valence electrons. The van der Waals surface area contributed by atoms with Crippen molar-refractivity contribution in [3.63, 3.8) is 0 Å². The molecule has 1 aliphatic heterocycles. The molecular formula is C16H31N3S. The summed E-state index contributed by atoms with van der Waals surface area (Å²) in [5, 5.41) is 0. The summed E-state index contributed by atoms with van der Waals surface area (Å²) in [5.74, 6) is 0.941. The van der Waals surface area contributed by atoms with Gasteiger partial charge in [-0.15, -0.1) is 0 Å². The number of thiocarbonyl (C=S) groups is 1. The summed E-state index contributed by atoms with van der Waals surface area (Å²) in [7, 11) is 0. The SMILES string of the molecule is CCCC(C(N)=S)N1CCN(C2CCC(C)CC2)CC1. The predicted molar refractivity (Wildman–Crippen MR) is 90.0 cm³/mol. The van der Waals surface area contributed by atoms with Crippen LogP contribution in [0.1, 0.15) is 52.4 Å². The second-order valence-corrected chi connectivity index (χ2v) is 7.16. The molecule has 0 radical (unpaired) electrons. The third-order valence-corrected chi connectivity index (χ3v) is 5.45. The number of hydrogen-bond donors (Lipinski definition) is 1. The van der Waals surface area contributed by atoms with E-state index in [1.807, 2.05) is 0 Å². The first-order valence-corrected chi connectivity index (χ1v) is 8.80. The van der Waals surface area contributed by atoms with Crippen LogP contribution in [0.25, 0.3) is 0 Å². The molecule has 4 heteroatoms. The molecular weight excluding hydrogens is 266 g/mol. The van der Waals surface area contributed by atoms with Crippen molar-refractivity contribution in [3.05, 3.63) is 0 Å². The molecule has 1 saturated heterocycles. The van der Waals surface area contributed by atoms with Gasteiger partial charge in [-0.2, -0.15) is 0 Å². The summed E-state index contributed by atoms with van der Waals surface area (Å²) >= 11 is 5.25. The van der Waals surface area contributed by atoms with Crippen molar-refractivity contribution >= 4 is 17.2 Å². The second-order valence-electron chi connectivity index (χ2n) is 6.69. The van der Waals surface area contributed by atoms with Crippen molar-refractivity contribution < 1.29 is 0 Å². The van der Waals surface area contributed by atoms with Gasteiger partial charge in [0, 0.05) is 32.2 Å². The molecule has 20 heavy (non-hydrogen) atoms. The van der Waals surface area contributed by atoms with Gasteiger partial charge < -0.3 is 5.73 Å². The monoisotopic (exact) mass is 297 g/mol. The lowest BCUT2D eigenvalue weighted by Gasteiger charge is -2.43. The summed E-state index contributed by atoms with van der Waals surface area (Å²) in [6.45, 7) is 9.27. The summed E-state index contributed by atoms with van der Waals surface area (Å²) in [4.78, 5) is 5.91. The minimum Gasteiger partial charge on any atom is -0.392 e. The Morgan fingerprint density at radius 3 is 2.25 bits per heavy atom. The van der Waals surface area contributed by atoms with Crippen LogP contribution in [0, 0.1) is 5.92 Å². The average Bonchev–Trinajstić information content (AvgIpc) is 2.45. The molecule has 1 unspecified atom stereocenters. The van der Waals surface area contributed by atoms with Gasteiger partial charge in [-0.25, -0.2) is 0 Å². The zero-order chi connectivity index (χ0) is 14.5. The van der Waals surface area contributed by atoms with Crippen LogP contribution in [0.3, 0.4) is 0 Å². The van der Waals surface area contributed by atoms with Gasteiger partial charge >= 0.3 is 0 Å². The Bertz CT molecular complexity index is 305. The second kappa shape index (κ2) is 7.71. The molecule has 3 nitrogen and oxygen atoms in total. The molecule has 1 aliphatic carbocycles. The van der Waals surface area contributed by atoms with E-state index in [2.05, 4.69) is 23.6 Å². The zero-order valence-electron chi connectivity index (χ0n) is 13.2. The van der Waals surface area contributed by atoms with E-state index >= 15 is 0 Å². The Balaban J connectivity index is 1.81. The molecule has 1 heterocycles. The molecule has 0 aromatic carbocycles. The van der Waals surface area contributed by atoms with E-state index in [1.165, 1.54) is 38.8 Å². The highest BCUT2D eigenvalue weighted by atomic mass is 32.1. The van der Waals surface area contributed by atoms with Gasteiger partial charge in [0.2, 0.25) is 0 Å². The van der Waals surface area contributed by atoms with E-state index in [9.17, 15) is 0 Å². The molecule has 0 spiro atoms. The topological polar surface area (TPSA) is 32.5 Å². The third-order valence-electron chi connectivity index (χ3n) is 5.18. The Kier molecular flexibility index (Phi) is 6.24. The van der Waals surface area contributed by atoms with Crippen LogP contribution in [0.15, 0.2) is 0 Å². The lowest BCUT2D eigenvalue weighted by molar-refractivity contribution is 0.0625. The normalized spacial score (nSPS) is 31.1. The van der Waals surface area contributed by atoms with Crippen LogP contribution < -0.4 is 5.73 Å². The van der Waals surface area contributed by atoms with Gasteiger partial charge in [0.05, 0.1) is 11.0 Å². The van der Waals surface area contributed by atoms with Crippen molar-refractivity contribution in [1.29, 1.82) is 0 Å². The molecule has 2 fully saturated rings. The van der Waals surface area contributed by atoms with E-state index in [0.717, 1.165) is 37.9 Å². The van der Waals surface area contributed by atoms with Crippen LogP contribution in [-0.4, -0.2) is 53.1 Å². The zero-order valence-corrected chi connectivity index (χ0v) is 14.0. The number of nitrogens with two attached hydrogens (primary N) is 1. The van der Waals surface area contributed by atoms with Crippen LogP contribution in [0.4, 0.5) is 0 Å². The van der Waals surface area contributed by atoms with E-state index in [-0.39, 0.29) is 0 Å². The van der Waals surface area contributed by atoms with Gasteiger partial charge in [-0.3, -0.25) is 9.80 Å². The highest BCUT2D eigenvalue weighted by Gasteiger charge is 2.29. The summed E-state index contributed by atoms with van der Waals surface area (Å²) < 4.78 is 0. The Hall–Kier alpha value is -0.190. The molecule has 0 amide bonds. The largest absolute Gasteiger partial charge is 0.392 e. The quantitative estimate of drug-likeness (QED) is 0.791. The van der Waals surface area contributed by atoms with Crippen LogP contribution >= 0.6 is 12.2 Å². The first-order chi connectivity index (χ1) is 9.61. The summed E-state index contributed by atoms with van der Waals surface area (Å²) in [6.07, 6.45) is 7.88. The van der Waals surface area contributed by atoms with Gasteiger partial charge in [0.25, 0.3) is 0 Å². The fourth-order valence-electron chi connectivity index (χ4n) is 3.80. The fourth-order valence-corrected chi connectivity index (χ4v) is 4.07. The molecule has 0 bridgehead atoms. The predicted octanol–water partition coefficient (Wildman–Crippen LogP) is 2.64. The van der Waals surface area contributed by atoms with E-state index in [0.29, 0.717) is 11.0 Å². The van der Waals surface area contributed by atoms with Crippen LogP contribution in [-0.2, 0) is 0 Å². The highest BCUT2D eigenvalue weighted by molar-refractivity contribution is 7.80. The van der Waals surface area contributed by atoms with Crippen LogP contribution in [0.2, 0.25) is 0 Å². The maximum atomic E-state index is 5.92. The Labute approximate surface area is 129 Å². The molecule has 1 saturated carbocycles. The third kappa shape index (κ3) is 4.15. The maximum absolute atomic E-state index is 5.92. The van der Waals surface area contributed by atoms with E-state index in [4.69, 9.17) is 18.0 Å². The van der Waals surface area contributed by atoms with Crippen molar-refractivity contribution in [2.45, 2.75) is 64.5 Å². The van der Waals surface area contributed by atoms with Gasteiger partial charge in [0.15, 0.2) is 0 Å². The molecule has 2 rings (SSSR count). The van der Waals surface area contributed by atoms with Gasteiger partial charge in [0.1, 0.15) is 0 Å². The number of rotatable bonds is 5. The van der Waals surface area contributed by atoms with Crippen molar-refractivity contribution in [3.8, 4) is 0 Å². The first-order valence-electron chi connectivity index (χ1n) is 8.39. The Morgan fingerprint density at radius 2 is 1.75 bits per heavy atom. The first kappa shape index (κ1) is 16.2. The number of piperazine rings is 1. The lowest BCUT2D eigenvalue weighted by atomic mass is 9.86. The van der Waals surface area contributed by atoms with Gasteiger partial charge in [-0.05, 0) is 38.0 Å². The smallest absolute Gasteiger partial charge is 0.0902 e. The minimum atomic E-state index is 0.323. The Morgan fingerprint density at radius 1 is 1.15 bits per heavy atom. The van der Waals surface area contributed by atoms with E-state index in [1.54, 1.807) is 0 Å². The molecule has 0 aromatic rings. The molecule has 2 N–H and O–H groups in total. The number of hydrogen-bond acceptors (Lipinski definition) is 3. The highest BCUT2D eigenvalue weighted by Crippen LogP contribution is 2.28. The summed E-state index contributed by atoms with van der Waals surface area (Å²) in [6, 6.07) is 1.16. The molecule has 2 aliphatic rings. The van der Waals surface area contributed by atoms with Crippen LogP contribution in [0.5, 0.6) is 0 Å². The van der Waals surface area contributed by atoms with E-state index < -0.39 is 0 Å². The molecule has 1 atom stereocenters. The fraction of sp³-hybridized carbons (Fsp3) is 0.938. The lowest BCUT2D eigenvalue weighted by Crippen LogP contribution is -2.56. The van der Waals surface area contributed by atoms with Crippen molar-refractivity contribution in [1.82, 2.24) is 9.80 Å². The minimum absolute atomic E-state index is 0.323. The average molecular weight is 298 g/mol. The molecule has 0 aromatic heterocycles. The summed E-state index contributed by atoms with van der Waals surface area (Å²) in [5.41, 5.74) is 5.92. The van der Waals surface area contributed by atoms with Gasteiger partial charge in [-0.1, -0.05) is 32.5 Å². The van der Waals surface area contributed by atoms with Crippen molar-refractivity contribution in [2.24, 2.45) is 11.7 Å². The maximum Gasteiger partial charge on any atom is 0.0902 e. The standard InChI is InChI=1S/C16H31N3S/c1-3-4-15(16(17)20)19-11-9-18(10-12-19)14-7-5-13(2)6-8-14/h13-15H,3-12H2,1-2H3,(H2,17,20). The van der Waals surface area contributed by atoms with Crippen molar-refractivity contribution in [2.75, 3.05) is 26.2 Å². The number of nitrogens with zero attached hydrogens (tertiary/aromatic N) is 2.